The summed E-state index contributed by atoms with van der Waals surface area (Å²) in [7, 11) is 0. The summed E-state index contributed by atoms with van der Waals surface area (Å²) in [6.45, 7) is 1.57. The van der Waals surface area contributed by atoms with E-state index in [1.165, 1.54) is 23.9 Å². The third-order valence-electron chi connectivity index (χ3n) is 4.08. The van der Waals surface area contributed by atoms with Gasteiger partial charge < -0.3 is 9.80 Å². The maximum absolute atomic E-state index is 12.9. The molecule has 0 atom stereocenters. The van der Waals surface area contributed by atoms with Gasteiger partial charge in [-0.15, -0.1) is 11.8 Å². The first kappa shape index (κ1) is 19.4. The van der Waals surface area contributed by atoms with Crippen LogP contribution in [0.2, 0.25) is 0 Å². The van der Waals surface area contributed by atoms with Gasteiger partial charge in [-0.1, -0.05) is 0 Å². The van der Waals surface area contributed by atoms with Crippen LogP contribution in [0.4, 0.5) is 23.4 Å². The van der Waals surface area contributed by atoms with Crippen molar-refractivity contribution in [3.8, 4) is 0 Å². The molecule has 0 radical (unpaired) electrons. The van der Waals surface area contributed by atoms with Gasteiger partial charge in [0.25, 0.3) is 0 Å². The highest BCUT2D eigenvalue weighted by atomic mass is 32.2. The number of benzene rings is 1. The summed E-state index contributed by atoms with van der Waals surface area (Å²) in [5, 5.41) is 0. The summed E-state index contributed by atoms with van der Waals surface area (Å²) >= 11 is 1.32. The average molecular weight is 400 g/mol. The Balaban J connectivity index is 1.52. The fourth-order valence-electron chi connectivity index (χ4n) is 2.63. The molecule has 0 unspecified atom stereocenters. The Hall–Kier alpha value is -2.36. The van der Waals surface area contributed by atoms with E-state index in [2.05, 4.69) is 9.97 Å². The molecule has 1 aromatic heterocycles. The molecular weight excluding hydrogens is 384 g/mol. The minimum atomic E-state index is -4.52. The summed E-state index contributed by atoms with van der Waals surface area (Å²) in [5.41, 5.74) is -0.985. The number of nitrogens with zero attached hydrogens (tertiary/aromatic N) is 4. The van der Waals surface area contributed by atoms with Crippen LogP contribution in [0.3, 0.4) is 0 Å². The van der Waals surface area contributed by atoms with Crippen molar-refractivity contribution in [2.75, 3.05) is 36.8 Å². The van der Waals surface area contributed by atoms with Crippen molar-refractivity contribution in [3.05, 3.63) is 48.2 Å². The summed E-state index contributed by atoms with van der Waals surface area (Å²) in [6.07, 6.45) is -3.62. The second kappa shape index (κ2) is 8.12. The molecule has 1 aliphatic rings. The molecule has 1 amide bonds. The quantitative estimate of drug-likeness (QED) is 0.583. The molecule has 5 nitrogen and oxygen atoms in total. The van der Waals surface area contributed by atoms with E-state index in [0.717, 1.165) is 17.3 Å². The lowest BCUT2D eigenvalue weighted by Gasteiger charge is -2.35. The lowest BCUT2D eigenvalue weighted by Crippen LogP contribution is -2.49. The number of amides is 1. The van der Waals surface area contributed by atoms with Gasteiger partial charge in [-0.25, -0.2) is 14.4 Å². The van der Waals surface area contributed by atoms with Crippen molar-refractivity contribution in [2.45, 2.75) is 11.1 Å². The van der Waals surface area contributed by atoms with Gasteiger partial charge in [0, 0.05) is 37.1 Å². The van der Waals surface area contributed by atoms with Crippen LogP contribution in [0.15, 0.2) is 41.6 Å². The Morgan fingerprint density at radius 1 is 1.07 bits per heavy atom. The van der Waals surface area contributed by atoms with Crippen molar-refractivity contribution >= 4 is 23.5 Å². The Labute approximate surface area is 157 Å². The van der Waals surface area contributed by atoms with Crippen LogP contribution in [0.1, 0.15) is 5.69 Å². The zero-order valence-corrected chi connectivity index (χ0v) is 14.9. The third kappa shape index (κ3) is 5.09. The van der Waals surface area contributed by atoms with Crippen LogP contribution in [0, 0.1) is 5.82 Å². The monoisotopic (exact) mass is 400 g/mol. The summed E-state index contributed by atoms with van der Waals surface area (Å²) in [6, 6.07) is 6.81. The van der Waals surface area contributed by atoms with E-state index < -0.39 is 11.9 Å². The molecule has 2 heterocycles. The van der Waals surface area contributed by atoms with Crippen LogP contribution in [0.25, 0.3) is 0 Å². The van der Waals surface area contributed by atoms with E-state index in [-0.39, 0.29) is 23.3 Å². The number of anilines is 1. The molecular formula is C17H16F4N4OS. The van der Waals surface area contributed by atoms with E-state index in [1.807, 2.05) is 0 Å². The normalized spacial score (nSPS) is 15.1. The Morgan fingerprint density at radius 3 is 2.37 bits per heavy atom. The topological polar surface area (TPSA) is 49.3 Å². The number of hydrogen-bond donors (Lipinski definition) is 0. The molecule has 3 rings (SSSR count). The molecule has 0 spiro atoms. The molecule has 1 fully saturated rings. The molecule has 10 heteroatoms. The number of rotatable bonds is 4. The fourth-order valence-corrected chi connectivity index (χ4v) is 3.43. The number of carbonyl (C=O) groups is 1. The first-order chi connectivity index (χ1) is 12.8. The van der Waals surface area contributed by atoms with Crippen LogP contribution in [0.5, 0.6) is 0 Å². The summed E-state index contributed by atoms with van der Waals surface area (Å²) in [4.78, 5) is 23.6. The molecule has 1 saturated heterocycles. The van der Waals surface area contributed by atoms with Crippen molar-refractivity contribution in [1.29, 1.82) is 0 Å². The van der Waals surface area contributed by atoms with E-state index in [4.69, 9.17) is 0 Å². The number of alkyl halides is 3. The number of aromatic nitrogens is 2. The Bertz CT molecular complexity index is 792. The highest BCUT2D eigenvalue weighted by molar-refractivity contribution is 8.00. The molecule has 0 saturated carbocycles. The summed E-state index contributed by atoms with van der Waals surface area (Å²) in [5.74, 6) is 0.0186. The van der Waals surface area contributed by atoms with Crippen LogP contribution in [-0.2, 0) is 11.0 Å². The standard InChI is InChI=1S/C17H16F4N4OS/c18-12-1-3-13(4-2-12)27-10-16(26)25-7-5-24(6-8-25)15-9-14(17(19,20)21)22-11-23-15/h1-4,9,11H,5-8,10H2. The maximum atomic E-state index is 12.9. The van der Waals surface area contributed by atoms with Gasteiger partial charge in [0.05, 0.1) is 5.75 Å². The molecule has 0 bridgehead atoms. The van der Waals surface area contributed by atoms with Gasteiger partial charge in [-0.05, 0) is 24.3 Å². The zero-order chi connectivity index (χ0) is 19.4. The van der Waals surface area contributed by atoms with E-state index in [1.54, 1.807) is 21.9 Å². The average Bonchev–Trinajstić information content (AvgIpc) is 2.67. The molecule has 27 heavy (non-hydrogen) atoms. The Morgan fingerprint density at radius 2 is 1.74 bits per heavy atom. The van der Waals surface area contributed by atoms with Crippen molar-refractivity contribution in [2.24, 2.45) is 0 Å². The van der Waals surface area contributed by atoms with Crippen molar-refractivity contribution in [1.82, 2.24) is 14.9 Å². The predicted molar refractivity (Wildman–Crippen MR) is 93.0 cm³/mol. The summed E-state index contributed by atoms with van der Waals surface area (Å²) < 4.78 is 51.2. The lowest BCUT2D eigenvalue weighted by molar-refractivity contribution is -0.141. The number of piperazine rings is 1. The second-order valence-electron chi connectivity index (χ2n) is 5.87. The fraction of sp³-hybridized carbons (Fsp3) is 0.353. The van der Waals surface area contributed by atoms with Crippen LogP contribution in [-0.4, -0.2) is 52.7 Å². The van der Waals surface area contributed by atoms with Crippen LogP contribution >= 0.6 is 11.8 Å². The first-order valence-electron chi connectivity index (χ1n) is 8.13. The SMILES string of the molecule is O=C(CSc1ccc(F)cc1)N1CCN(c2cc(C(F)(F)F)ncn2)CC1. The Kier molecular flexibility index (Phi) is 5.83. The maximum Gasteiger partial charge on any atom is 0.433 e. The smallest absolute Gasteiger partial charge is 0.353 e. The second-order valence-corrected chi connectivity index (χ2v) is 6.92. The zero-order valence-electron chi connectivity index (χ0n) is 14.1. The van der Waals surface area contributed by atoms with Gasteiger partial charge >= 0.3 is 6.18 Å². The minimum absolute atomic E-state index is 0.0670. The largest absolute Gasteiger partial charge is 0.433 e. The molecule has 144 valence electrons. The van der Waals surface area contributed by atoms with Crippen molar-refractivity contribution in [3.63, 3.8) is 0 Å². The minimum Gasteiger partial charge on any atom is -0.353 e. The van der Waals surface area contributed by atoms with Gasteiger partial charge in [0.2, 0.25) is 5.91 Å². The van der Waals surface area contributed by atoms with Gasteiger partial charge in [0.15, 0.2) is 0 Å². The first-order valence-corrected chi connectivity index (χ1v) is 9.12. The lowest BCUT2D eigenvalue weighted by atomic mass is 10.3. The van der Waals surface area contributed by atoms with Gasteiger partial charge in [0.1, 0.15) is 23.7 Å². The number of carbonyl (C=O) groups excluding carboxylic acids is 1. The number of halogens is 4. The van der Waals surface area contributed by atoms with Crippen molar-refractivity contribution < 1.29 is 22.4 Å². The van der Waals surface area contributed by atoms with E-state index in [9.17, 15) is 22.4 Å². The van der Waals surface area contributed by atoms with Gasteiger partial charge in [-0.3, -0.25) is 4.79 Å². The number of thioether (sulfide) groups is 1. The third-order valence-corrected chi connectivity index (χ3v) is 5.07. The molecule has 1 aliphatic heterocycles. The predicted octanol–water partition coefficient (Wildman–Crippen LogP) is 3.08. The highest BCUT2D eigenvalue weighted by Crippen LogP contribution is 2.29. The highest BCUT2D eigenvalue weighted by Gasteiger charge is 2.33. The van der Waals surface area contributed by atoms with E-state index in [0.29, 0.717) is 26.2 Å². The van der Waals surface area contributed by atoms with Crippen LogP contribution < -0.4 is 4.90 Å². The number of hydrogen-bond acceptors (Lipinski definition) is 5. The molecule has 1 aromatic carbocycles. The molecule has 0 aliphatic carbocycles. The van der Waals surface area contributed by atoms with E-state index >= 15 is 0 Å². The molecule has 0 N–H and O–H groups in total. The molecule has 2 aromatic rings. The van der Waals surface area contributed by atoms with Gasteiger partial charge in [-0.2, -0.15) is 13.2 Å².